The Hall–Kier alpha value is -2.64. The highest BCUT2D eigenvalue weighted by molar-refractivity contribution is 5.93. The summed E-state index contributed by atoms with van der Waals surface area (Å²) in [5.74, 6) is -0.605. The Morgan fingerprint density at radius 3 is 2.62 bits per heavy atom. The molecular weight excluding hydrogens is 374 g/mol. The molecule has 2 atom stereocenters. The first kappa shape index (κ1) is 21.1. The third kappa shape index (κ3) is 5.25. The molecule has 1 amide bonds. The predicted molar refractivity (Wildman–Crippen MR) is 109 cm³/mol. The Kier molecular flexibility index (Phi) is 6.71. The molecule has 158 valence electrons. The minimum atomic E-state index is -0.954. The van der Waals surface area contributed by atoms with Crippen molar-refractivity contribution < 1.29 is 19.2 Å². The van der Waals surface area contributed by atoms with E-state index in [0.717, 1.165) is 51.6 Å². The minimum Gasteiger partial charge on any atom is -0.449 e. The number of piperidine rings is 1. The number of ether oxygens (including phenoxy) is 1. The molecule has 1 saturated carbocycles. The summed E-state index contributed by atoms with van der Waals surface area (Å²) in [7, 11) is 0. The maximum absolute atomic E-state index is 12.5. The van der Waals surface area contributed by atoms with Crippen LogP contribution in [-0.2, 0) is 9.53 Å². The normalized spacial score (nSPS) is 20.9. The number of anilines is 1. The van der Waals surface area contributed by atoms with Gasteiger partial charge in [0.25, 0.3) is 11.6 Å². The summed E-state index contributed by atoms with van der Waals surface area (Å²) in [6.07, 6.45) is 5.19. The average Bonchev–Trinajstić information content (AvgIpc) is 3.20. The van der Waals surface area contributed by atoms with E-state index in [9.17, 15) is 19.7 Å². The number of nitrogens with zero attached hydrogens (tertiary/aromatic N) is 2. The number of carbonyl (C=O) groups is 2. The van der Waals surface area contributed by atoms with Crippen LogP contribution >= 0.6 is 0 Å². The molecule has 1 N–H and O–H groups in total. The lowest BCUT2D eigenvalue weighted by Gasteiger charge is -2.32. The number of amides is 1. The highest BCUT2D eigenvalue weighted by Gasteiger charge is 2.27. The summed E-state index contributed by atoms with van der Waals surface area (Å²) in [6.45, 7) is 5.15. The molecule has 8 heteroatoms. The molecule has 29 heavy (non-hydrogen) atoms. The van der Waals surface area contributed by atoms with E-state index in [-0.39, 0.29) is 23.2 Å². The molecule has 1 heterocycles. The first-order valence-corrected chi connectivity index (χ1v) is 10.4. The third-order valence-corrected chi connectivity index (χ3v) is 5.76. The third-order valence-electron chi connectivity index (χ3n) is 5.76. The van der Waals surface area contributed by atoms with E-state index in [0.29, 0.717) is 11.6 Å². The number of nitro groups is 1. The van der Waals surface area contributed by atoms with Gasteiger partial charge in [-0.25, -0.2) is 4.79 Å². The van der Waals surface area contributed by atoms with Crippen LogP contribution in [0.25, 0.3) is 0 Å². The van der Waals surface area contributed by atoms with Gasteiger partial charge in [0, 0.05) is 25.2 Å². The van der Waals surface area contributed by atoms with Crippen LogP contribution in [0, 0.1) is 16.0 Å². The fraction of sp³-hybridized carbons (Fsp3) is 0.619. The van der Waals surface area contributed by atoms with E-state index in [1.54, 1.807) is 6.07 Å². The van der Waals surface area contributed by atoms with Crippen LogP contribution in [0.2, 0.25) is 0 Å². The summed E-state index contributed by atoms with van der Waals surface area (Å²) in [4.78, 5) is 37.8. The molecule has 0 spiro atoms. The van der Waals surface area contributed by atoms with Crippen molar-refractivity contribution in [3.63, 3.8) is 0 Å². The molecule has 1 aromatic carbocycles. The number of carbonyl (C=O) groups excluding carboxylic acids is 2. The highest BCUT2D eigenvalue weighted by Crippen LogP contribution is 2.32. The molecule has 1 aliphatic carbocycles. The summed E-state index contributed by atoms with van der Waals surface area (Å²) >= 11 is 0. The van der Waals surface area contributed by atoms with Crippen LogP contribution in [0.3, 0.4) is 0 Å². The molecule has 2 aliphatic rings. The van der Waals surface area contributed by atoms with Gasteiger partial charge in [0.1, 0.15) is 5.69 Å². The molecule has 8 nitrogen and oxygen atoms in total. The van der Waals surface area contributed by atoms with Gasteiger partial charge >= 0.3 is 5.97 Å². The maximum Gasteiger partial charge on any atom is 0.339 e. The Labute approximate surface area is 170 Å². The first-order valence-electron chi connectivity index (χ1n) is 10.4. The van der Waals surface area contributed by atoms with Crippen molar-refractivity contribution in [3.05, 3.63) is 33.9 Å². The number of hydrogen-bond acceptors (Lipinski definition) is 6. The summed E-state index contributed by atoms with van der Waals surface area (Å²) in [5, 5.41) is 14.5. The van der Waals surface area contributed by atoms with Crippen molar-refractivity contribution in [2.24, 2.45) is 5.92 Å². The SMILES string of the molecule is C[C@H]1CCCN(c2ccc(C(=O)O[C@@H](C)C(=O)NC3CCCC3)cc2[N+](=O)[O-])C1. The van der Waals surface area contributed by atoms with Crippen LogP contribution in [-0.4, -0.2) is 42.0 Å². The molecule has 1 aromatic rings. The van der Waals surface area contributed by atoms with E-state index >= 15 is 0 Å². The number of benzene rings is 1. The van der Waals surface area contributed by atoms with Gasteiger partial charge in [0.15, 0.2) is 6.10 Å². The Morgan fingerprint density at radius 2 is 1.97 bits per heavy atom. The average molecular weight is 403 g/mol. The van der Waals surface area contributed by atoms with Crippen molar-refractivity contribution in [3.8, 4) is 0 Å². The molecule has 0 aromatic heterocycles. The van der Waals surface area contributed by atoms with Gasteiger partial charge in [-0.3, -0.25) is 14.9 Å². The van der Waals surface area contributed by atoms with Crippen molar-refractivity contribution in [1.29, 1.82) is 0 Å². The van der Waals surface area contributed by atoms with Crippen LogP contribution in [0.4, 0.5) is 11.4 Å². The number of esters is 1. The first-order chi connectivity index (χ1) is 13.8. The fourth-order valence-corrected chi connectivity index (χ4v) is 4.14. The van der Waals surface area contributed by atoms with E-state index in [1.807, 2.05) is 4.90 Å². The second-order valence-electron chi connectivity index (χ2n) is 8.19. The topological polar surface area (TPSA) is 102 Å². The lowest BCUT2D eigenvalue weighted by Crippen LogP contribution is -2.40. The molecule has 1 saturated heterocycles. The second kappa shape index (κ2) is 9.24. The largest absolute Gasteiger partial charge is 0.449 e. The Morgan fingerprint density at radius 1 is 1.24 bits per heavy atom. The van der Waals surface area contributed by atoms with Gasteiger partial charge < -0.3 is 15.0 Å². The maximum atomic E-state index is 12.5. The Balaban J connectivity index is 1.69. The van der Waals surface area contributed by atoms with Crippen molar-refractivity contribution >= 4 is 23.3 Å². The number of rotatable bonds is 6. The van der Waals surface area contributed by atoms with E-state index in [2.05, 4.69) is 12.2 Å². The van der Waals surface area contributed by atoms with Crippen molar-refractivity contribution in [2.75, 3.05) is 18.0 Å². The standard InChI is InChI=1S/C21H29N3O5/c1-14-6-5-11-23(13-14)18-10-9-16(12-19(18)24(27)28)21(26)29-15(2)20(25)22-17-7-3-4-8-17/h9-10,12,14-15,17H,3-8,11,13H2,1-2H3,(H,22,25)/t14-,15-/m0/s1. The number of hydrogen-bond donors (Lipinski definition) is 1. The van der Waals surface area contributed by atoms with Crippen LogP contribution in [0.5, 0.6) is 0 Å². The summed E-state index contributed by atoms with van der Waals surface area (Å²) in [5.41, 5.74) is 0.479. The fourth-order valence-electron chi connectivity index (χ4n) is 4.14. The lowest BCUT2D eigenvalue weighted by molar-refractivity contribution is -0.384. The molecule has 2 fully saturated rings. The zero-order chi connectivity index (χ0) is 21.0. The summed E-state index contributed by atoms with van der Waals surface area (Å²) in [6, 6.07) is 4.52. The summed E-state index contributed by atoms with van der Waals surface area (Å²) < 4.78 is 5.26. The minimum absolute atomic E-state index is 0.0750. The lowest BCUT2D eigenvalue weighted by atomic mass is 9.99. The molecule has 0 unspecified atom stereocenters. The predicted octanol–water partition coefficient (Wildman–Crippen LogP) is 3.44. The van der Waals surface area contributed by atoms with Crippen LogP contribution in [0.15, 0.2) is 18.2 Å². The zero-order valence-corrected chi connectivity index (χ0v) is 17.1. The van der Waals surface area contributed by atoms with Gasteiger partial charge in [-0.1, -0.05) is 19.8 Å². The molecule has 3 rings (SSSR count). The molecular formula is C21H29N3O5. The Bertz CT molecular complexity index is 776. The molecule has 0 bridgehead atoms. The number of nitrogens with one attached hydrogen (secondary N) is 1. The van der Waals surface area contributed by atoms with Gasteiger partial charge in [-0.05, 0) is 50.7 Å². The van der Waals surface area contributed by atoms with Crippen LogP contribution in [0.1, 0.15) is 62.7 Å². The van der Waals surface area contributed by atoms with Gasteiger partial charge in [-0.15, -0.1) is 0 Å². The van der Waals surface area contributed by atoms with E-state index in [4.69, 9.17) is 4.74 Å². The molecule has 0 radical (unpaired) electrons. The monoisotopic (exact) mass is 403 g/mol. The van der Waals surface area contributed by atoms with Crippen LogP contribution < -0.4 is 10.2 Å². The molecule has 1 aliphatic heterocycles. The van der Waals surface area contributed by atoms with Gasteiger partial charge in [0.2, 0.25) is 0 Å². The second-order valence-corrected chi connectivity index (χ2v) is 8.19. The van der Waals surface area contributed by atoms with Gasteiger partial charge in [0.05, 0.1) is 10.5 Å². The number of nitro benzene ring substituents is 1. The van der Waals surface area contributed by atoms with Crippen molar-refractivity contribution in [1.82, 2.24) is 5.32 Å². The van der Waals surface area contributed by atoms with Gasteiger partial charge in [-0.2, -0.15) is 0 Å². The van der Waals surface area contributed by atoms with Crippen molar-refractivity contribution in [2.45, 2.75) is 64.5 Å². The van der Waals surface area contributed by atoms with E-state index in [1.165, 1.54) is 19.1 Å². The highest BCUT2D eigenvalue weighted by atomic mass is 16.6. The van der Waals surface area contributed by atoms with E-state index < -0.39 is 17.0 Å². The quantitative estimate of drug-likeness (QED) is 0.443. The smallest absolute Gasteiger partial charge is 0.339 e. The zero-order valence-electron chi connectivity index (χ0n) is 17.1.